The molecule has 1 aromatic carbocycles. The van der Waals surface area contributed by atoms with Gasteiger partial charge in [-0.1, -0.05) is 18.2 Å². The van der Waals surface area contributed by atoms with Gasteiger partial charge in [-0.05, 0) is 68.9 Å². The largest absolute Gasteiger partial charge is 0.497 e. The molecule has 4 rings (SSSR count). The van der Waals surface area contributed by atoms with Crippen LogP contribution in [0.1, 0.15) is 49.4 Å². The summed E-state index contributed by atoms with van der Waals surface area (Å²) in [5.74, 6) is 0.909. The molecule has 2 bridgehead atoms. The summed E-state index contributed by atoms with van der Waals surface area (Å²) in [6.07, 6.45) is 6.87. The molecule has 144 valence electrons. The van der Waals surface area contributed by atoms with Crippen LogP contribution in [-0.2, 0) is 16.8 Å². The van der Waals surface area contributed by atoms with Crippen molar-refractivity contribution in [3.63, 3.8) is 0 Å². The summed E-state index contributed by atoms with van der Waals surface area (Å²) in [6, 6.07) is 13.5. The molecule has 4 nitrogen and oxygen atoms in total. The van der Waals surface area contributed by atoms with E-state index in [-0.39, 0.29) is 5.54 Å². The van der Waals surface area contributed by atoms with E-state index >= 15 is 0 Å². The van der Waals surface area contributed by atoms with Gasteiger partial charge in [0.2, 0.25) is 0 Å². The lowest BCUT2D eigenvalue weighted by molar-refractivity contribution is -0.0608. The van der Waals surface area contributed by atoms with Gasteiger partial charge in [-0.25, -0.2) is 0 Å². The molecule has 27 heavy (non-hydrogen) atoms. The van der Waals surface area contributed by atoms with E-state index in [0.29, 0.717) is 12.1 Å². The first kappa shape index (κ1) is 18.5. The van der Waals surface area contributed by atoms with E-state index in [4.69, 9.17) is 14.5 Å². The van der Waals surface area contributed by atoms with Crippen molar-refractivity contribution in [3.05, 3.63) is 59.4 Å². The topological polar surface area (TPSA) is 34.6 Å². The second-order valence-electron chi connectivity index (χ2n) is 7.94. The van der Waals surface area contributed by atoms with Crippen LogP contribution in [0.2, 0.25) is 0 Å². The minimum Gasteiger partial charge on any atom is -0.497 e. The van der Waals surface area contributed by atoms with Crippen molar-refractivity contribution < 1.29 is 9.47 Å². The fourth-order valence-electron chi connectivity index (χ4n) is 4.98. The summed E-state index contributed by atoms with van der Waals surface area (Å²) in [5.41, 5.74) is 3.72. The van der Waals surface area contributed by atoms with Crippen molar-refractivity contribution in [2.24, 2.45) is 0 Å². The Morgan fingerprint density at radius 1 is 1.19 bits per heavy atom. The van der Waals surface area contributed by atoms with Gasteiger partial charge >= 0.3 is 0 Å². The van der Waals surface area contributed by atoms with E-state index in [1.54, 1.807) is 7.11 Å². The summed E-state index contributed by atoms with van der Waals surface area (Å²) < 4.78 is 11.4. The highest BCUT2D eigenvalue weighted by molar-refractivity contribution is 5.29. The Bertz CT molecular complexity index is 759. The molecule has 0 aliphatic carbocycles. The predicted octanol–water partition coefficient (Wildman–Crippen LogP) is 4.46. The molecular weight excluding hydrogens is 336 g/mol. The Morgan fingerprint density at radius 3 is 2.67 bits per heavy atom. The standard InChI is InChI=1S/C23H30N2O2/c1-4-27-21-13-19-11-12-23(14-21,22-10-5-17(2)15-24-22)25(19)16-18-6-8-20(26-3)9-7-18/h5-10,15,19,21H,4,11-14,16H2,1-3H3. The first-order valence-electron chi connectivity index (χ1n) is 10.1. The molecule has 3 heterocycles. The number of benzene rings is 1. The number of piperidine rings is 1. The zero-order valence-corrected chi connectivity index (χ0v) is 16.6. The van der Waals surface area contributed by atoms with Crippen molar-refractivity contribution in [2.45, 2.75) is 63.8 Å². The van der Waals surface area contributed by atoms with Gasteiger partial charge in [0.25, 0.3) is 0 Å². The Labute approximate surface area is 162 Å². The van der Waals surface area contributed by atoms with Gasteiger partial charge in [0, 0.05) is 25.4 Å². The molecule has 0 spiro atoms. The van der Waals surface area contributed by atoms with Gasteiger partial charge in [-0.2, -0.15) is 0 Å². The molecule has 2 aliphatic heterocycles. The van der Waals surface area contributed by atoms with Crippen LogP contribution < -0.4 is 4.74 Å². The maximum Gasteiger partial charge on any atom is 0.118 e. The average Bonchev–Trinajstić information content (AvgIpc) is 2.89. The van der Waals surface area contributed by atoms with Crippen LogP contribution in [0.4, 0.5) is 0 Å². The fraction of sp³-hybridized carbons (Fsp3) is 0.522. The van der Waals surface area contributed by atoms with Crippen LogP contribution in [0.15, 0.2) is 42.6 Å². The SMILES string of the molecule is CCOC1CC2CCC(c3ccc(C)cn3)(C1)N2Cc1ccc(OC)cc1. The quantitative estimate of drug-likeness (QED) is 0.756. The van der Waals surface area contributed by atoms with Gasteiger partial charge in [0.15, 0.2) is 0 Å². The van der Waals surface area contributed by atoms with E-state index in [1.165, 1.54) is 23.2 Å². The molecular formula is C23H30N2O2. The number of rotatable bonds is 6. The number of hydrogen-bond donors (Lipinski definition) is 0. The number of pyridine rings is 1. The molecule has 0 amide bonds. The van der Waals surface area contributed by atoms with Crippen LogP contribution >= 0.6 is 0 Å². The first-order chi connectivity index (χ1) is 13.1. The van der Waals surface area contributed by atoms with Gasteiger partial charge in [-0.15, -0.1) is 0 Å². The van der Waals surface area contributed by atoms with Gasteiger partial charge in [-0.3, -0.25) is 9.88 Å². The van der Waals surface area contributed by atoms with Gasteiger partial charge in [0.05, 0.1) is 24.4 Å². The van der Waals surface area contributed by atoms with Crippen molar-refractivity contribution >= 4 is 0 Å². The summed E-state index contributed by atoms with van der Waals surface area (Å²) in [6.45, 7) is 5.93. The number of fused-ring (bicyclic) bond motifs is 2. The monoisotopic (exact) mass is 366 g/mol. The average molecular weight is 367 g/mol. The number of methoxy groups -OCH3 is 1. The third-order valence-corrected chi connectivity index (χ3v) is 6.28. The molecule has 0 saturated carbocycles. The maximum atomic E-state index is 6.09. The second kappa shape index (κ2) is 7.61. The molecule has 2 aliphatic rings. The minimum absolute atomic E-state index is 0.0175. The molecule has 4 heteroatoms. The van der Waals surface area contributed by atoms with E-state index in [9.17, 15) is 0 Å². The smallest absolute Gasteiger partial charge is 0.118 e. The summed E-state index contributed by atoms with van der Waals surface area (Å²) >= 11 is 0. The first-order valence-corrected chi connectivity index (χ1v) is 10.1. The van der Waals surface area contributed by atoms with E-state index in [0.717, 1.165) is 38.2 Å². The van der Waals surface area contributed by atoms with Gasteiger partial charge in [0.1, 0.15) is 5.75 Å². The lowest BCUT2D eigenvalue weighted by Crippen LogP contribution is -2.52. The number of ether oxygens (including phenoxy) is 2. The number of aromatic nitrogens is 1. The van der Waals surface area contributed by atoms with Crippen molar-refractivity contribution in [1.82, 2.24) is 9.88 Å². The number of nitrogens with zero attached hydrogens (tertiary/aromatic N) is 2. The zero-order chi connectivity index (χ0) is 18.9. The van der Waals surface area contributed by atoms with E-state index in [1.807, 2.05) is 6.20 Å². The highest BCUT2D eigenvalue weighted by Gasteiger charge is 2.53. The molecule has 0 N–H and O–H groups in total. The van der Waals surface area contributed by atoms with E-state index < -0.39 is 0 Å². The lowest BCUT2D eigenvalue weighted by atomic mass is 9.82. The van der Waals surface area contributed by atoms with Crippen LogP contribution in [0.3, 0.4) is 0 Å². The molecule has 2 saturated heterocycles. The Morgan fingerprint density at radius 2 is 2.00 bits per heavy atom. The van der Waals surface area contributed by atoms with Crippen molar-refractivity contribution in [3.8, 4) is 5.75 Å². The number of hydrogen-bond acceptors (Lipinski definition) is 4. The van der Waals surface area contributed by atoms with E-state index in [2.05, 4.69) is 55.1 Å². The number of aryl methyl sites for hydroxylation is 1. The van der Waals surface area contributed by atoms with Crippen molar-refractivity contribution in [2.75, 3.05) is 13.7 Å². The molecule has 3 atom stereocenters. The fourth-order valence-corrected chi connectivity index (χ4v) is 4.98. The normalized spacial score (nSPS) is 27.7. The molecule has 2 fully saturated rings. The van der Waals surface area contributed by atoms with Crippen LogP contribution in [0.5, 0.6) is 5.75 Å². The molecule has 0 radical (unpaired) electrons. The molecule has 2 aromatic rings. The molecule has 1 aromatic heterocycles. The minimum atomic E-state index is -0.0175. The Balaban J connectivity index is 1.66. The third kappa shape index (κ3) is 3.48. The molecule has 3 unspecified atom stereocenters. The lowest BCUT2D eigenvalue weighted by Gasteiger charge is -2.47. The second-order valence-corrected chi connectivity index (χ2v) is 7.94. The highest BCUT2D eigenvalue weighted by atomic mass is 16.5. The van der Waals surface area contributed by atoms with Gasteiger partial charge < -0.3 is 9.47 Å². The zero-order valence-electron chi connectivity index (χ0n) is 16.6. The Kier molecular flexibility index (Phi) is 5.20. The Hall–Kier alpha value is -1.91. The van der Waals surface area contributed by atoms with Crippen molar-refractivity contribution in [1.29, 1.82) is 0 Å². The summed E-state index contributed by atoms with van der Waals surface area (Å²) in [4.78, 5) is 7.56. The maximum absolute atomic E-state index is 6.09. The predicted molar refractivity (Wildman–Crippen MR) is 107 cm³/mol. The van der Waals surface area contributed by atoms with Crippen LogP contribution in [-0.4, -0.2) is 35.7 Å². The third-order valence-electron chi connectivity index (χ3n) is 6.28. The summed E-state index contributed by atoms with van der Waals surface area (Å²) in [5, 5.41) is 0. The summed E-state index contributed by atoms with van der Waals surface area (Å²) in [7, 11) is 1.71. The van der Waals surface area contributed by atoms with Crippen LogP contribution in [0, 0.1) is 6.92 Å². The van der Waals surface area contributed by atoms with Crippen LogP contribution in [0.25, 0.3) is 0 Å². The highest BCUT2D eigenvalue weighted by Crippen LogP contribution is 2.51.